The molecule has 1 aromatic carbocycles. The van der Waals surface area contributed by atoms with Gasteiger partial charge >= 0.3 is 0 Å². The van der Waals surface area contributed by atoms with E-state index in [4.69, 9.17) is 0 Å². The number of hydrogen-bond acceptors (Lipinski definition) is 2. The van der Waals surface area contributed by atoms with Gasteiger partial charge in [0.2, 0.25) is 0 Å². The number of rotatable bonds is 0. The van der Waals surface area contributed by atoms with Crippen molar-refractivity contribution in [3.8, 4) is 11.4 Å². The standard InChI is InChI=1S/C15H10BrN3/c16-9-3-4-12-11(8-9)10-5-7-17-13-2-1-6-18-15(13)14(10)19-12/h1-4,6-8,19H,5H2. The number of nitrogens with one attached hydrogen (secondary N) is 1. The number of pyridine rings is 1. The lowest BCUT2D eigenvalue weighted by molar-refractivity contribution is 1.27. The molecule has 1 aliphatic heterocycles. The van der Waals surface area contributed by atoms with Gasteiger partial charge in [0, 0.05) is 34.2 Å². The highest BCUT2D eigenvalue weighted by atomic mass is 79.9. The fourth-order valence-electron chi connectivity index (χ4n) is 2.56. The van der Waals surface area contributed by atoms with Crippen molar-refractivity contribution >= 4 is 38.7 Å². The molecule has 4 heteroatoms. The van der Waals surface area contributed by atoms with Gasteiger partial charge in [0.1, 0.15) is 5.69 Å². The summed E-state index contributed by atoms with van der Waals surface area (Å²) in [7, 11) is 0. The number of H-pyrrole nitrogens is 1. The lowest BCUT2D eigenvalue weighted by atomic mass is 10.1. The maximum Gasteiger partial charge on any atom is 0.112 e. The number of halogens is 1. The van der Waals surface area contributed by atoms with Gasteiger partial charge in [-0.2, -0.15) is 0 Å². The van der Waals surface area contributed by atoms with E-state index in [0.29, 0.717) is 0 Å². The first-order valence-corrected chi connectivity index (χ1v) is 6.90. The Morgan fingerprint density at radius 2 is 2.16 bits per heavy atom. The molecule has 19 heavy (non-hydrogen) atoms. The second kappa shape index (κ2) is 4.03. The molecule has 3 nitrogen and oxygen atoms in total. The summed E-state index contributed by atoms with van der Waals surface area (Å²) in [6.45, 7) is 0. The first kappa shape index (κ1) is 10.9. The minimum Gasteiger partial charge on any atom is -0.353 e. The molecule has 1 aliphatic rings. The first-order valence-electron chi connectivity index (χ1n) is 6.11. The number of aliphatic imine (C=N–C) groups is 1. The van der Waals surface area contributed by atoms with E-state index in [1.807, 2.05) is 30.6 Å². The van der Waals surface area contributed by atoms with Crippen LogP contribution in [0.4, 0.5) is 5.69 Å². The van der Waals surface area contributed by atoms with Crippen LogP contribution in [0.3, 0.4) is 0 Å². The molecule has 4 rings (SSSR count). The SMILES string of the molecule is Brc1ccc2[nH]c3c(c2c1)CC=Nc1cccnc1-3. The van der Waals surface area contributed by atoms with Gasteiger partial charge in [-0.15, -0.1) is 0 Å². The number of nitrogens with zero attached hydrogens (tertiary/aromatic N) is 2. The van der Waals surface area contributed by atoms with Crippen LogP contribution in [0.2, 0.25) is 0 Å². The Morgan fingerprint density at radius 3 is 3.11 bits per heavy atom. The average molecular weight is 312 g/mol. The van der Waals surface area contributed by atoms with Crippen molar-refractivity contribution in [1.29, 1.82) is 0 Å². The van der Waals surface area contributed by atoms with Crippen molar-refractivity contribution < 1.29 is 0 Å². The van der Waals surface area contributed by atoms with Gasteiger partial charge in [0.25, 0.3) is 0 Å². The van der Waals surface area contributed by atoms with Crippen molar-refractivity contribution in [3.05, 3.63) is 46.6 Å². The minimum atomic E-state index is 0.822. The second-order valence-electron chi connectivity index (χ2n) is 4.56. The molecule has 0 bridgehead atoms. The molecule has 1 N–H and O–H groups in total. The molecule has 92 valence electrons. The lowest BCUT2D eigenvalue weighted by Crippen LogP contribution is -1.87. The summed E-state index contributed by atoms with van der Waals surface area (Å²) in [6, 6.07) is 10.2. The van der Waals surface area contributed by atoms with Gasteiger partial charge in [-0.25, -0.2) is 0 Å². The van der Waals surface area contributed by atoms with Crippen LogP contribution in [0.5, 0.6) is 0 Å². The Kier molecular flexibility index (Phi) is 2.32. The van der Waals surface area contributed by atoms with Crippen LogP contribution in [-0.2, 0) is 6.42 Å². The fourth-order valence-corrected chi connectivity index (χ4v) is 2.92. The second-order valence-corrected chi connectivity index (χ2v) is 5.47. The molecule has 0 spiro atoms. The summed E-state index contributed by atoms with van der Waals surface area (Å²) >= 11 is 3.53. The highest BCUT2D eigenvalue weighted by Crippen LogP contribution is 2.36. The molecule has 0 aliphatic carbocycles. The van der Waals surface area contributed by atoms with E-state index in [-0.39, 0.29) is 0 Å². The average Bonchev–Trinajstić information content (AvgIpc) is 2.67. The predicted octanol–water partition coefficient (Wildman–Crippen LogP) is 4.25. The molecule has 0 saturated carbocycles. The van der Waals surface area contributed by atoms with E-state index in [1.165, 1.54) is 10.9 Å². The Hall–Kier alpha value is -1.94. The third kappa shape index (κ3) is 1.64. The number of aromatic amines is 1. The number of hydrogen-bond donors (Lipinski definition) is 1. The lowest BCUT2D eigenvalue weighted by Gasteiger charge is -2.01. The summed E-state index contributed by atoms with van der Waals surface area (Å²) in [6.07, 6.45) is 4.59. The van der Waals surface area contributed by atoms with Gasteiger partial charge in [-0.3, -0.25) is 9.98 Å². The van der Waals surface area contributed by atoms with Gasteiger partial charge in [0.15, 0.2) is 0 Å². The third-order valence-corrected chi connectivity index (χ3v) is 3.91. The fraction of sp³-hybridized carbons (Fsp3) is 0.0667. The topological polar surface area (TPSA) is 41.0 Å². The Balaban J connectivity index is 2.11. The zero-order valence-electron chi connectivity index (χ0n) is 10.0. The Bertz CT molecular complexity index is 817. The monoisotopic (exact) mass is 311 g/mol. The van der Waals surface area contributed by atoms with E-state index < -0.39 is 0 Å². The number of fused-ring (bicyclic) bond motifs is 5. The largest absolute Gasteiger partial charge is 0.353 e. The molecule has 0 fully saturated rings. The summed E-state index contributed by atoms with van der Waals surface area (Å²) in [5, 5.41) is 1.23. The molecule has 0 unspecified atom stereocenters. The first-order chi connectivity index (χ1) is 9.33. The maximum atomic E-state index is 4.48. The van der Waals surface area contributed by atoms with Gasteiger partial charge in [-0.1, -0.05) is 15.9 Å². The van der Waals surface area contributed by atoms with Crippen molar-refractivity contribution in [2.24, 2.45) is 4.99 Å². The molecular formula is C15H10BrN3. The minimum absolute atomic E-state index is 0.822. The number of benzene rings is 1. The van der Waals surface area contributed by atoms with Gasteiger partial charge in [-0.05, 0) is 35.9 Å². The highest BCUT2D eigenvalue weighted by molar-refractivity contribution is 9.10. The zero-order chi connectivity index (χ0) is 12.8. The molecule has 0 saturated heterocycles. The maximum absolute atomic E-state index is 4.48. The van der Waals surface area contributed by atoms with Crippen LogP contribution in [0.15, 0.2) is 46.0 Å². The van der Waals surface area contributed by atoms with E-state index in [2.05, 4.69) is 43.0 Å². The van der Waals surface area contributed by atoms with Crippen LogP contribution in [-0.4, -0.2) is 16.2 Å². The van der Waals surface area contributed by atoms with E-state index in [0.717, 1.165) is 33.5 Å². The Morgan fingerprint density at radius 1 is 1.21 bits per heavy atom. The van der Waals surface area contributed by atoms with E-state index >= 15 is 0 Å². The van der Waals surface area contributed by atoms with Crippen LogP contribution in [0.25, 0.3) is 22.3 Å². The smallest absolute Gasteiger partial charge is 0.112 e. The normalized spacial score (nSPS) is 13.1. The van der Waals surface area contributed by atoms with Crippen molar-refractivity contribution in [2.75, 3.05) is 0 Å². The van der Waals surface area contributed by atoms with E-state index in [1.54, 1.807) is 0 Å². The third-order valence-electron chi connectivity index (χ3n) is 3.42. The number of aromatic nitrogens is 2. The van der Waals surface area contributed by atoms with Crippen LogP contribution < -0.4 is 0 Å². The molecule has 0 atom stereocenters. The summed E-state index contributed by atoms with van der Waals surface area (Å²) in [5.74, 6) is 0. The molecule has 3 aromatic rings. The van der Waals surface area contributed by atoms with Crippen LogP contribution in [0.1, 0.15) is 5.56 Å². The van der Waals surface area contributed by atoms with Crippen molar-refractivity contribution in [2.45, 2.75) is 6.42 Å². The van der Waals surface area contributed by atoms with Crippen molar-refractivity contribution in [3.63, 3.8) is 0 Å². The molecular weight excluding hydrogens is 302 g/mol. The van der Waals surface area contributed by atoms with E-state index in [9.17, 15) is 0 Å². The summed E-state index contributed by atoms with van der Waals surface area (Å²) < 4.78 is 1.09. The van der Waals surface area contributed by atoms with Crippen molar-refractivity contribution in [1.82, 2.24) is 9.97 Å². The van der Waals surface area contributed by atoms with Crippen LogP contribution >= 0.6 is 15.9 Å². The Labute approximate surface area is 118 Å². The molecule has 0 radical (unpaired) electrons. The zero-order valence-corrected chi connectivity index (χ0v) is 11.6. The quantitative estimate of drug-likeness (QED) is 0.662. The van der Waals surface area contributed by atoms with Gasteiger partial charge < -0.3 is 4.98 Å². The summed E-state index contributed by atoms with van der Waals surface area (Å²) in [4.78, 5) is 12.4. The summed E-state index contributed by atoms with van der Waals surface area (Å²) in [5.41, 5.74) is 5.34. The molecule has 3 heterocycles. The predicted molar refractivity (Wildman–Crippen MR) is 81.1 cm³/mol. The van der Waals surface area contributed by atoms with Gasteiger partial charge in [0.05, 0.1) is 11.4 Å². The molecule has 2 aromatic heterocycles. The van der Waals surface area contributed by atoms with Crippen LogP contribution in [0, 0.1) is 0 Å². The molecule has 0 amide bonds. The highest BCUT2D eigenvalue weighted by Gasteiger charge is 2.18.